The minimum atomic E-state index is -0.917. The molecule has 0 saturated carbocycles. The van der Waals surface area contributed by atoms with E-state index in [0.29, 0.717) is 18.3 Å². The first-order valence-corrected chi connectivity index (χ1v) is 7.54. The molecule has 0 spiro atoms. The summed E-state index contributed by atoms with van der Waals surface area (Å²) in [5.74, 6) is 0.350. The smallest absolute Gasteiger partial charge is 0.339 e. The molecule has 112 valence electrons. The molecule has 0 heterocycles. The Balaban J connectivity index is 2.67. The SMILES string of the molecule is CCCc1cccc(C(=O)O)c1OCCCCC(C)C. The van der Waals surface area contributed by atoms with Gasteiger partial charge < -0.3 is 9.84 Å². The van der Waals surface area contributed by atoms with Crippen LogP contribution >= 0.6 is 0 Å². The molecule has 20 heavy (non-hydrogen) atoms. The van der Waals surface area contributed by atoms with Gasteiger partial charge in [-0.15, -0.1) is 0 Å². The van der Waals surface area contributed by atoms with Crippen LogP contribution in [0.2, 0.25) is 0 Å². The summed E-state index contributed by atoms with van der Waals surface area (Å²) in [5, 5.41) is 9.25. The largest absolute Gasteiger partial charge is 0.492 e. The molecule has 3 nitrogen and oxygen atoms in total. The Bertz CT molecular complexity index is 424. The monoisotopic (exact) mass is 278 g/mol. The van der Waals surface area contributed by atoms with Gasteiger partial charge in [0, 0.05) is 0 Å². The Morgan fingerprint density at radius 2 is 2.05 bits per heavy atom. The van der Waals surface area contributed by atoms with Crippen LogP contribution in [0.15, 0.2) is 18.2 Å². The third-order valence-electron chi connectivity index (χ3n) is 3.27. The minimum Gasteiger partial charge on any atom is -0.492 e. The van der Waals surface area contributed by atoms with E-state index in [1.807, 2.05) is 6.07 Å². The number of aryl methyl sites for hydroxylation is 1. The predicted molar refractivity (Wildman–Crippen MR) is 81.6 cm³/mol. The Morgan fingerprint density at radius 3 is 2.65 bits per heavy atom. The number of rotatable bonds is 9. The van der Waals surface area contributed by atoms with Gasteiger partial charge in [0.15, 0.2) is 0 Å². The summed E-state index contributed by atoms with van der Waals surface area (Å²) < 4.78 is 5.78. The summed E-state index contributed by atoms with van der Waals surface area (Å²) in [6.07, 6.45) is 5.11. The van der Waals surface area contributed by atoms with E-state index in [4.69, 9.17) is 4.74 Å². The number of carboxylic acid groups (broad SMARTS) is 1. The maximum Gasteiger partial charge on any atom is 0.339 e. The lowest BCUT2D eigenvalue weighted by atomic mass is 10.0. The highest BCUT2D eigenvalue weighted by Crippen LogP contribution is 2.26. The van der Waals surface area contributed by atoms with E-state index in [1.54, 1.807) is 12.1 Å². The molecule has 1 aromatic rings. The fraction of sp³-hybridized carbons (Fsp3) is 0.588. The molecule has 1 rings (SSSR count). The van der Waals surface area contributed by atoms with Gasteiger partial charge in [-0.1, -0.05) is 45.7 Å². The number of aromatic carboxylic acids is 1. The van der Waals surface area contributed by atoms with Crippen LogP contribution in [0.1, 0.15) is 62.4 Å². The number of carbonyl (C=O) groups is 1. The zero-order valence-corrected chi connectivity index (χ0v) is 12.8. The van der Waals surface area contributed by atoms with Gasteiger partial charge >= 0.3 is 5.97 Å². The maximum atomic E-state index is 11.3. The Hall–Kier alpha value is -1.51. The second-order valence-electron chi connectivity index (χ2n) is 5.59. The Morgan fingerprint density at radius 1 is 1.30 bits per heavy atom. The zero-order chi connectivity index (χ0) is 15.0. The van der Waals surface area contributed by atoms with E-state index >= 15 is 0 Å². The van der Waals surface area contributed by atoms with Gasteiger partial charge in [0.05, 0.1) is 6.61 Å². The molecular weight excluding hydrogens is 252 g/mol. The van der Waals surface area contributed by atoms with Crippen LogP contribution in [0.4, 0.5) is 0 Å². The molecule has 0 radical (unpaired) electrons. The highest BCUT2D eigenvalue weighted by atomic mass is 16.5. The Labute approximate surface area is 122 Å². The van der Waals surface area contributed by atoms with Crippen molar-refractivity contribution in [1.29, 1.82) is 0 Å². The van der Waals surface area contributed by atoms with Crippen molar-refractivity contribution in [3.8, 4) is 5.75 Å². The molecule has 1 aromatic carbocycles. The Kier molecular flexibility index (Phi) is 7.13. The van der Waals surface area contributed by atoms with E-state index in [-0.39, 0.29) is 5.56 Å². The number of ether oxygens (including phenoxy) is 1. The van der Waals surface area contributed by atoms with Gasteiger partial charge in [-0.3, -0.25) is 0 Å². The van der Waals surface area contributed by atoms with Crippen LogP contribution in [0.25, 0.3) is 0 Å². The van der Waals surface area contributed by atoms with Crippen LogP contribution in [0, 0.1) is 5.92 Å². The predicted octanol–water partition coefficient (Wildman–Crippen LogP) is 4.54. The van der Waals surface area contributed by atoms with Gasteiger partial charge in [-0.2, -0.15) is 0 Å². The molecule has 0 aliphatic rings. The topological polar surface area (TPSA) is 46.5 Å². The van der Waals surface area contributed by atoms with E-state index in [0.717, 1.165) is 31.2 Å². The van der Waals surface area contributed by atoms with Crippen molar-refractivity contribution < 1.29 is 14.6 Å². The van der Waals surface area contributed by atoms with Gasteiger partial charge in [-0.05, 0) is 36.8 Å². The average Bonchev–Trinajstić information content (AvgIpc) is 2.39. The van der Waals surface area contributed by atoms with E-state index in [2.05, 4.69) is 20.8 Å². The first-order valence-electron chi connectivity index (χ1n) is 7.54. The molecule has 0 amide bonds. The lowest BCUT2D eigenvalue weighted by Gasteiger charge is -2.14. The molecule has 0 unspecified atom stereocenters. The lowest BCUT2D eigenvalue weighted by molar-refractivity contribution is 0.0692. The highest BCUT2D eigenvalue weighted by molar-refractivity contribution is 5.91. The van der Waals surface area contributed by atoms with E-state index in [1.165, 1.54) is 6.42 Å². The molecule has 0 fully saturated rings. The molecule has 0 aliphatic carbocycles. The number of unbranched alkanes of at least 4 members (excludes halogenated alkanes) is 1. The highest BCUT2D eigenvalue weighted by Gasteiger charge is 2.14. The molecule has 0 atom stereocenters. The van der Waals surface area contributed by atoms with Crippen LogP contribution in [0.3, 0.4) is 0 Å². The summed E-state index contributed by atoms with van der Waals surface area (Å²) in [6, 6.07) is 5.37. The van der Waals surface area contributed by atoms with Crippen molar-refractivity contribution in [2.45, 2.75) is 52.9 Å². The number of benzene rings is 1. The molecule has 3 heteroatoms. The number of carboxylic acids is 1. The summed E-state index contributed by atoms with van der Waals surface area (Å²) in [5.41, 5.74) is 1.27. The minimum absolute atomic E-state index is 0.278. The molecule has 0 saturated heterocycles. The van der Waals surface area contributed by atoms with Crippen LogP contribution < -0.4 is 4.74 Å². The van der Waals surface area contributed by atoms with Gasteiger partial charge in [-0.25, -0.2) is 4.79 Å². The molecule has 1 N–H and O–H groups in total. The third-order valence-corrected chi connectivity index (χ3v) is 3.27. The van der Waals surface area contributed by atoms with Gasteiger partial charge in [0.2, 0.25) is 0 Å². The van der Waals surface area contributed by atoms with Crippen LogP contribution in [0.5, 0.6) is 5.75 Å². The third kappa shape index (κ3) is 5.24. The van der Waals surface area contributed by atoms with Crippen LogP contribution in [-0.2, 0) is 6.42 Å². The fourth-order valence-electron chi connectivity index (χ4n) is 2.22. The van der Waals surface area contributed by atoms with Crippen molar-refractivity contribution in [2.24, 2.45) is 5.92 Å². The molecule has 0 aromatic heterocycles. The first kappa shape index (κ1) is 16.5. The summed E-state index contributed by atoms with van der Waals surface area (Å²) in [7, 11) is 0. The summed E-state index contributed by atoms with van der Waals surface area (Å²) in [6.45, 7) is 7.09. The van der Waals surface area contributed by atoms with E-state index in [9.17, 15) is 9.90 Å². The number of hydrogen-bond donors (Lipinski definition) is 1. The van der Waals surface area contributed by atoms with Crippen molar-refractivity contribution >= 4 is 5.97 Å². The molecule has 0 aliphatic heterocycles. The number of para-hydroxylation sites is 1. The summed E-state index contributed by atoms with van der Waals surface area (Å²) >= 11 is 0. The second kappa shape index (κ2) is 8.62. The zero-order valence-electron chi connectivity index (χ0n) is 12.8. The van der Waals surface area contributed by atoms with Gasteiger partial charge in [0.1, 0.15) is 11.3 Å². The molecule has 0 bridgehead atoms. The first-order chi connectivity index (χ1) is 9.56. The fourth-order valence-corrected chi connectivity index (χ4v) is 2.22. The maximum absolute atomic E-state index is 11.3. The van der Waals surface area contributed by atoms with Crippen molar-refractivity contribution in [1.82, 2.24) is 0 Å². The lowest BCUT2D eigenvalue weighted by Crippen LogP contribution is -2.07. The van der Waals surface area contributed by atoms with Crippen molar-refractivity contribution in [3.63, 3.8) is 0 Å². The van der Waals surface area contributed by atoms with Crippen molar-refractivity contribution in [2.75, 3.05) is 6.61 Å². The standard InChI is InChI=1S/C17H26O3/c1-4-8-14-10-7-11-15(17(18)19)16(14)20-12-6-5-9-13(2)3/h7,10-11,13H,4-6,8-9,12H2,1-3H3,(H,18,19). The summed E-state index contributed by atoms with van der Waals surface area (Å²) in [4.78, 5) is 11.3. The average molecular weight is 278 g/mol. The quantitative estimate of drug-likeness (QED) is 0.674. The van der Waals surface area contributed by atoms with E-state index < -0.39 is 5.97 Å². The number of hydrogen-bond acceptors (Lipinski definition) is 2. The van der Waals surface area contributed by atoms with Crippen molar-refractivity contribution in [3.05, 3.63) is 29.3 Å². The van der Waals surface area contributed by atoms with Crippen LogP contribution in [-0.4, -0.2) is 17.7 Å². The van der Waals surface area contributed by atoms with Gasteiger partial charge in [0.25, 0.3) is 0 Å². The second-order valence-corrected chi connectivity index (χ2v) is 5.59. The molecular formula is C17H26O3. The normalized spacial score (nSPS) is 10.8.